The molecule has 11 heteroatoms. The highest BCUT2D eigenvalue weighted by molar-refractivity contribution is 7.92. The van der Waals surface area contributed by atoms with E-state index in [0.717, 1.165) is 11.4 Å². The van der Waals surface area contributed by atoms with Crippen LogP contribution in [0.3, 0.4) is 0 Å². The van der Waals surface area contributed by atoms with E-state index in [1.165, 1.54) is 0 Å². The van der Waals surface area contributed by atoms with E-state index in [1.807, 2.05) is 0 Å². The highest BCUT2D eigenvalue weighted by Gasteiger charge is 2.14. The molecule has 0 atom stereocenters. The highest BCUT2D eigenvalue weighted by Crippen LogP contribution is 2.21. The first-order valence-corrected chi connectivity index (χ1v) is 11.4. The van der Waals surface area contributed by atoms with E-state index >= 15 is 0 Å². The lowest BCUT2D eigenvalue weighted by Crippen LogP contribution is -2.13. The highest BCUT2D eigenvalue weighted by atomic mass is 32.2. The van der Waals surface area contributed by atoms with Gasteiger partial charge in [0.05, 0.1) is 10.6 Å². The fourth-order valence-electron chi connectivity index (χ4n) is 3.10. The Kier molecular flexibility index (Phi) is 5.29. The number of sulfonamides is 1. The minimum atomic E-state index is -3.73. The number of aromatic nitrogens is 6. The summed E-state index contributed by atoms with van der Waals surface area (Å²) >= 11 is 0. The zero-order chi connectivity index (χ0) is 22.7. The monoisotopic (exact) mass is 458 g/mol. The standard InChI is InChI=1S/C22H18N8O2S/c31-33(32,20-9-7-19(8-10-20)29-15-1-13-23-29)28-18-5-3-17(4-6-18)25-21-11-12-22(27-26-21)30-16-2-14-24-30/h1-16,28H,(H,25,26). The number of rotatable bonds is 7. The van der Waals surface area contributed by atoms with E-state index in [0.29, 0.717) is 17.3 Å². The third-order valence-electron chi connectivity index (χ3n) is 4.72. The van der Waals surface area contributed by atoms with Crippen molar-refractivity contribution in [3.8, 4) is 11.5 Å². The van der Waals surface area contributed by atoms with E-state index in [9.17, 15) is 8.42 Å². The predicted molar refractivity (Wildman–Crippen MR) is 123 cm³/mol. The summed E-state index contributed by atoms with van der Waals surface area (Å²) in [5.74, 6) is 1.16. The Balaban J connectivity index is 1.24. The first-order valence-electron chi connectivity index (χ1n) is 9.91. The molecule has 164 valence electrons. The van der Waals surface area contributed by atoms with Gasteiger partial charge < -0.3 is 5.32 Å². The second-order valence-electron chi connectivity index (χ2n) is 6.98. The summed E-state index contributed by atoms with van der Waals surface area (Å²) in [5.41, 5.74) is 1.95. The number of nitrogens with zero attached hydrogens (tertiary/aromatic N) is 6. The Morgan fingerprint density at radius 3 is 1.97 bits per heavy atom. The van der Waals surface area contributed by atoms with Gasteiger partial charge in [-0.15, -0.1) is 10.2 Å². The van der Waals surface area contributed by atoms with Gasteiger partial charge in [0, 0.05) is 36.2 Å². The molecule has 3 aromatic heterocycles. The average Bonchev–Trinajstić information content (AvgIpc) is 3.56. The predicted octanol–water partition coefficient (Wildman–Crippen LogP) is 3.39. The fourth-order valence-corrected chi connectivity index (χ4v) is 4.16. The zero-order valence-electron chi connectivity index (χ0n) is 17.1. The number of benzene rings is 2. The topological polar surface area (TPSA) is 120 Å². The molecule has 0 aliphatic carbocycles. The van der Waals surface area contributed by atoms with Crippen molar-refractivity contribution in [1.82, 2.24) is 29.8 Å². The van der Waals surface area contributed by atoms with Crippen LogP contribution in [0.1, 0.15) is 0 Å². The summed E-state index contributed by atoms with van der Waals surface area (Å²) in [6, 6.07) is 20.5. The van der Waals surface area contributed by atoms with Crippen molar-refractivity contribution < 1.29 is 8.42 Å². The van der Waals surface area contributed by atoms with Gasteiger partial charge in [0.25, 0.3) is 10.0 Å². The largest absolute Gasteiger partial charge is 0.339 e. The molecule has 0 unspecified atom stereocenters. The molecule has 0 saturated heterocycles. The molecule has 3 heterocycles. The Hall–Kier alpha value is -4.51. The Bertz CT molecular complexity index is 1430. The maximum Gasteiger partial charge on any atom is 0.261 e. The lowest BCUT2D eigenvalue weighted by atomic mass is 10.3. The van der Waals surface area contributed by atoms with Gasteiger partial charge in [-0.2, -0.15) is 10.2 Å². The van der Waals surface area contributed by atoms with E-state index in [-0.39, 0.29) is 4.90 Å². The summed E-state index contributed by atoms with van der Waals surface area (Å²) in [6.07, 6.45) is 6.90. The number of hydrogen-bond acceptors (Lipinski definition) is 7. The third-order valence-corrected chi connectivity index (χ3v) is 6.11. The minimum absolute atomic E-state index is 0.160. The molecule has 0 saturated carbocycles. The molecule has 0 amide bonds. The van der Waals surface area contributed by atoms with Crippen LogP contribution in [0.25, 0.3) is 11.5 Å². The van der Waals surface area contributed by atoms with Crippen LogP contribution < -0.4 is 10.0 Å². The number of nitrogens with one attached hydrogen (secondary N) is 2. The Labute approximate surface area is 189 Å². The molecule has 0 radical (unpaired) electrons. The maximum atomic E-state index is 12.7. The van der Waals surface area contributed by atoms with Crippen molar-refractivity contribution in [2.45, 2.75) is 4.90 Å². The van der Waals surface area contributed by atoms with Crippen LogP contribution in [0, 0.1) is 0 Å². The molecule has 2 N–H and O–H groups in total. The van der Waals surface area contributed by atoms with Crippen LogP contribution in [-0.4, -0.2) is 38.2 Å². The first kappa shape index (κ1) is 20.4. The lowest BCUT2D eigenvalue weighted by molar-refractivity contribution is 0.601. The van der Waals surface area contributed by atoms with Crippen molar-refractivity contribution in [1.29, 1.82) is 0 Å². The first-order chi connectivity index (χ1) is 16.1. The average molecular weight is 459 g/mol. The van der Waals surface area contributed by atoms with E-state index in [4.69, 9.17) is 0 Å². The lowest BCUT2D eigenvalue weighted by Gasteiger charge is -2.10. The molecular formula is C22H18N8O2S. The molecule has 33 heavy (non-hydrogen) atoms. The van der Waals surface area contributed by atoms with Gasteiger partial charge in [-0.1, -0.05) is 0 Å². The van der Waals surface area contributed by atoms with Gasteiger partial charge in [-0.05, 0) is 72.8 Å². The maximum absolute atomic E-state index is 12.7. The normalized spacial score (nSPS) is 11.3. The fraction of sp³-hybridized carbons (Fsp3) is 0. The molecule has 5 aromatic rings. The van der Waals surface area contributed by atoms with Gasteiger partial charge in [0.2, 0.25) is 0 Å². The van der Waals surface area contributed by atoms with Crippen molar-refractivity contribution in [2.24, 2.45) is 0 Å². The van der Waals surface area contributed by atoms with E-state index in [1.54, 1.807) is 107 Å². The summed E-state index contributed by atoms with van der Waals surface area (Å²) in [6.45, 7) is 0. The van der Waals surface area contributed by atoms with Crippen LogP contribution in [0.15, 0.2) is 102 Å². The summed E-state index contributed by atoms with van der Waals surface area (Å²) in [4.78, 5) is 0.160. The van der Waals surface area contributed by atoms with Crippen LogP contribution >= 0.6 is 0 Å². The molecule has 0 aliphatic rings. The van der Waals surface area contributed by atoms with E-state index in [2.05, 4.69) is 30.4 Å². The van der Waals surface area contributed by atoms with Crippen LogP contribution in [0.2, 0.25) is 0 Å². The minimum Gasteiger partial charge on any atom is -0.339 e. The van der Waals surface area contributed by atoms with E-state index < -0.39 is 10.0 Å². The van der Waals surface area contributed by atoms with Gasteiger partial charge in [-0.25, -0.2) is 17.8 Å². The number of anilines is 3. The van der Waals surface area contributed by atoms with Crippen molar-refractivity contribution in [3.05, 3.63) is 97.6 Å². The van der Waals surface area contributed by atoms with Crippen molar-refractivity contribution in [3.63, 3.8) is 0 Å². The quantitative estimate of drug-likeness (QED) is 0.384. The molecular weight excluding hydrogens is 440 g/mol. The molecule has 0 fully saturated rings. The van der Waals surface area contributed by atoms with Crippen LogP contribution in [0.5, 0.6) is 0 Å². The van der Waals surface area contributed by atoms with Gasteiger partial charge in [-0.3, -0.25) is 4.72 Å². The van der Waals surface area contributed by atoms with Gasteiger partial charge in [0.1, 0.15) is 0 Å². The molecule has 10 nitrogen and oxygen atoms in total. The summed E-state index contributed by atoms with van der Waals surface area (Å²) < 4.78 is 31.3. The smallest absolute Gasteiger partial charge is 0.261 e. The van der Waals surface area contributed by atoms with Crippen molar-refractivity contribution >= 4 is 27.2 Å². The summed E-state index contributed by atoms with van der Waals surface area (Å²) in [5, 5.41) is 19.6. The third kappa shape index (κ3) is 4.57. The molecule has 5 rings (SSSR count). The second kappa shape index (κ2) is 8.55. The zero-order valence-corrected chi connectivity index (χ0v) is 18.0. The number of hydrogen-bond donors (Lipinski definition) is 2. The summed E-state index contributed by atoms with van der Waals surface area (Å²) in [7, 11) is -3.73. The van der Waals surface area contributed by atoms with Crippen LogP contribution in [-0.2, 0) is 10.0 Å². The second-order valence-corrected chi connectivity index (χ2v) is 8.66. The van der Waals surface area contributed by atoms with Crippen molar-refractivity contribution in [2.75, 3.05) is 10.0 Å². The molecule has 0 bridgehead atoms. The SMILES string of the molecule is O=S(=O)(Nc1ccc(Nc2ccc(-n3cccn3)nn2)cc1)c1ccc(-n2cccn2)cc1. The Morgan fingerprint density at radius 1 is 0.697 bits per heavy atom. The van der Waals surface area contributed by atoms with Gasteiger partial charge >= 0.3 is 0 Å². The Morgan fingerprint density at radius 2 is 1.36 bits per heavy atom. The van der Waals surface area contributed by atoms with Crippen LogP contribution in [0.4, 0.5) is 17.2 Å². The van der Waals surface area contributed by atoms with Gasteiger partial charge in [0.15, 0.2) is 11.6 Å². The molecule has 0 spiro atoms. The molecule has 2 aromatic carbocycles. The molecule has 0 aliphatic heterocycles.